The van der Waals surface area contributed by atoms with E-state index >= 15 is 0 Å². The Morgan fingerprint density at radius 1 is 1.14 bits per heavy atom. The highest BCUT2D eigenvalue weighted by Gasteiger charge is 2.23. The molecule has 0 bridgehead atoms. The topological polar surface area (TPSA) is 94.7 Å². The van der Waals surface area contributed by atoms with Crippen LogP contribution in [-0.2, 0) is 14.3 Å². The molecule has 0 unspecified atom stereocenters. The molecule has 0 spiro atoms. The van der Waals surface area contributed by atoms with Crippen molar-refractivity contribution in [3.8, 4) is 5.75 Å². The van der Waals surface area contributed by atoms with Crippen LogP contribution in [0.5, 0.6) is 5.75 Å². The number of H-pyrrole nitrogens is 1. The third kappa shape index (κ3) is 5.09. The highest BCUT2D eigenvalue weighted by atomic mass is 16.5. The molecule has 7 nitrogen and oxygen atoms in total. The number of aryl methyl sites for hydroxylation is 1. The summed E-state index contributed by atoms with van der Waals surface area (Å²) in [6.07, 6.45) is 2.80. The number of nitrogens with one attached hydrogen (secondary N) is 1. The Kier molecular flexibility index (Phi) is 7.14. The maximum absolute atomic E-state index is 12.4. The van der Waals surface area contributed by atoms with Crippen LogP contribution in [0, 0.1) is 13.8 Å². The summed E-state index contributed by atoms with van der Waals surface area (Å²) in [7, 11) is 1.56. The van der Waals surface area contributed by atoms with Crippen LogP contribution in [-0.4, -0.2) is 43.0 Å². The lowest BCUT2D eigenvalue weighted by atomic mass is 10.1. The van der Waals surface area contributed by atoms with Crippen LogP contribution in [0.15, 0.2) is 30.3 Å². The van der Waals surface area contributed by atoms with Gasteiger partial charge in [0.1, 0.15) is 5.75 Å². The summed E-state index contributed by atoms with van der Waals surface area (Å²) in [5.41, 5.74) is 2.32. The van der Waals surface area contributed by atoms with E-state index in [0.29, 0.717) is 22.6 Å². The number of hydrogen-bond donors (Lipinski definition) is 1. The number of aromatic amines is 1. The molecule has 0 saturated carbocycles. The lowest BCUT2D eigenvalue weighted by Gasteiger charge is -2.03. The Labute approximate surface area is 163 Å². The molecule has 28 heavy (non-hydrogen) atoms. The van der Waals surface area contributed by atoms with Crippen LogP contribution in [0.4, 0.5) is 0 Å². The van der Waals surface area contributed by atoms with Gasteiger partial charge in [0.15, 0.2) is 6.61 Å². The van der Waals surface area contributed by atoms with Gasteiger partial charge in [0.25, 0.3) is 0 Å². The zero-order chi connectivity index (χ0) is 20.7. The van der Waals surface area contributed by atoms with E-state index in [2.05, 4.69) is 4.98 Å². The van der Waals surface area contributed by atoms with Crippen LogP contribution in [0.2, 0.25) is 0 Å². The molecule has 1 heterocycles. The van der Waals surface area contributed by atoms with E-state index in [1.54, 1.807) is 58.2 Å². The molecular formula is C21H23NO6. The van der Waals surface area contributed by atoms with Crippen molar-refractivity contribution < 1.29 is 28.6 Å². The fraction of sp³-hybridized carbons (Fsp3) is 0.286. The Morgan fingerprint density at radius 3 is 2.57 bits per heavy atom. The second kappa shape index (κ2) is 9.55. The highest BCUT2D eigenvalue weighted by Crippen LogP contribution is 2.19. The Morgan fingerprint density at radius 2 is 1.89 bits per heavy atom. The van der Waals surface area contributed by atoms with E-state index in [1.807, 2.05) is 0 Å². The van der Waals surface area contributed by atoms with Gasteiger partial charge < -0.3 is 19.2 Å². The summed E-state index contributed by atoms with van der Waals surface area (Å²) in [6.45, 7) is 4.83. The summed E-state index contributed by atoms with van der Waals surface area (Å²) in [5.74, 6) is -0.909. The maximum atomic E-state index is 12.4. The van der Waals surface area contributed by atoms with Gasteiger partial charge in [0.05, 0.1) is 25.0 Å². The standard InChI is InChI=1S/C21H23NO6/c1-5-27-21(25)19-13(2)20(22-14(19)3)17(23)12-28-18(24)10-9-15-7-6-8-16(11-15)26-4/h6-11,22H,5,12H2,1-4H3/b10-9+. The van der Waals surface area contributed by atoms with Crippen molar-refractivity contribution in [3.05, 3.63) is 58.4 Å². The van der Waals surface area contributed by atoms with Crippen molar-refractivity contribution in [2.24, 2.45) is 0 Å². The minimum absolute atomic E-state index is 0.227. The molecule has 0 fully saturated rings. The molecule has 2 aromatic rings. The number of benzene rings is 1. The van der Waals surface area contributed by atoms with E-state index in [0.717, 1.165) is 5.56 Å². The predicted molar refractivity (Wildman–Crippen MR) is 104 cm³/mol. The fourth-order valence-electron chi connectivity index (χ4n) is 2.70. The van der Waals surface area contributed by atoms with Crippen molar-refractivity contribution in [3.63, 3.8) is 0 Å². The van der Waals surface area contributed by atoms with Crippen LogP contribution >= 0.6 is 0 Å². The van der Waals surface area contributed by atoms with E-state index in [4.69, 9.17) is 14.2 Å². The van der Waals surface area contributed by atoms with Gasteiger partial charge in [0, 0.05) is 11.8 Å². The minimum atomic E-state index is -0.650. The number of methoxy groups -OCH3 is 1. The predicted octanol–water partition coefficient (Wildman–Crippen LogP) is 3.26. The molecule has 0 radical (unpaired) electrons. The summed E-state index contributed by atoms with van der Waals surface area (Å²) in [4.78, 5) is 39.1. The van der Waals surface area contributed by atoms with Crippen LogP contribution in [0.25, 0.3) is 6.08 Å². The van der Waals surface area contributed by atoms with E-state index < -0.39 is 24.3 Å². The monoisotopic (exact) mass is 385 g/mol. The van der Waals surface area contributed by atoms with Gasteiger partial charge >= 0.3 is 11.9 Å². The maximum Gasteiger partial charge on any atom is 0.340 e. The van der Waals surface area contributed by atoms with Crippen LogP contribution in [0.1, 0.15) is 44.6 Å². The van der Waals surface area contributed by atoms with Crippen molar-refractivity contribution >= 4 is 23.8 Å². The molecule has 2 rings (SSSR count). The number of hydrogen-bond acceptors (Lipinski definition) is 6. The first-order valence-electron chi connectivity index (χ1n) is 8.75. The minimum Gasteiger partial charge on any atom is -0.497 e. The molecule has 1 aromatic carbocycles. The van der Waals surface area contributed by atoms with Crippen molar-refractivity contribution in [2.75, 3.05) is 20.3 Å². The summed E-state index contributed by atoms with van der Waals surface area (Å²) in [6, 6.07) is 7.15. The smallest absolute Gasteiger partial charge is 0.340 e. The number of aromatic nitrogens is 1. The first-order chi connectivity index (χ1) is 13.4. The molecule has 148 valence electrons. The first-order valence-corrected chi connectivity index (χ1v) is 8.75. The number of Topliss-reactive ketones (excluding diaryl/α,β-unsaturated/α-hetero) is 1. The Bertz CT molecular complexity index is 910. The Balaban J connectivity index is 2.00. The second-order valence-corrected chi connectivity index (χ2v) is 5.99. The van der Waals surface area contributed by atoms with Gasteiger partial charge in [0.2, 0.25) is 5.78 Å². The zero-order valence-corrected chi connectivity index (χ0v) is 16.3. The van der Waals surface area contributed by atoms with E-state index in [1.165, 1.54) is 6.08 Å². The largest absolute Gasteiger partial charge is 0.497 e. The van der Waals surface area contributed by atoms with Gasteiger partial charge in [-0.2, -0.15) is 0 Å². The molecule has 0 aliphatic carbocycles. The molecule has 0 amide bonds. The van der Waals surface area contributed by atoms with E-state index in [9.17, 15) is 14.4 Å². The average molecular weight is 385 g/mol. The van der Waals surface area contributed by atoms with E-state index in [-0.39, 0.29) is 12.3 Å². The summed E-state index contributed by atoms with van der Waals surface area (Å²) in [5, 5.41) is 0. The molecule has 0 atom stereocenters. The van der Waals surface area contributed by atoms with Crippen molar-refractivity contribution in [1.29, 1.82) is 0 Å². The molecule has 1 N–H and O–H groups in total. The van der Waals surface area contributed by atoms with Gasteiger partial charge in [-0.05, 0) is 50.1 Å². The van der Waals surface area contributed by atoms with Gasteiger partial charge in [-0.15, -0.1) is 0 Å². The molecular weight excluding hydrogens is 362 g/mol. The fourth-order valence-corrected chi connectivity index (χ4v) is 2.70. The van der Waals surface area contributed by atoms with Gasteiger partial charge in [-0.1, -0.05) is 12.1 Å². The molecule has 7 heteroatoms. The third-order valence-electron chi connectivity index (χ3n) is 4.05. The SMILES string of the molecule is CCOC(=O)c1c(C)[nH]c(C(=O)COC(=O)/C=C/c2cccc(OC)c2)c1C. The molecule has 1 aromatic heterocycles. The normalized spacial score (nSPS) is 10.7. The lowest BCUT2D eigenvalue weighted by Crippen LogP contribution is -2.14. The summed E-state index contributed by atoms with van der Waals surface area (Å²) >= 11 is 0. The van der Waals surface area contributed by atoms with Crippen molar-refractivity contribution in [2.45, 2.75) is 20.8 Å². The summed E-state index contributed by atoms with van der Waals surface area (Å²) < 4.78 is 15.1. The number of carbonyl (C=O) groups is 3. The Hall–Kier alpha value is -3.35. The first kappa shape index (κ1) is 21.0. The third-order valence-corrected chi connectivity index (χ3v) is 4.05. The number of ketones is 1. The van der Waals surface area contributed by atoms with Gasteiger partial charge in [-0.3, -0.25) is 4.79 Å². The quantitative estimate of drug-likeness (QED) is 0.426. The zero-order valence-electron chi connectivity index (χ0n) is 16.3. The number of rotatable bonds is 8. The number of ether oxygens (including phenoxy) is 3. The number of esters is 2. The molecule has 0 aliphatic heterocycles. The second-order valence-electron chi connectivity index (χ2n) is 5.99. The highest BCUT2D eigenvalue weighted by molar-refractivity contribution is 6.03. The van der Waals surface area contributed by atoms with Crippen LogP contribution < -0.4 is 4.74 Å². The number of carbonyl (C=O) groups excluding carboxylic acids is 3. The lowest BCUT2D eigenvalue weighted by molar-refractivity contribution is -0.136. The average Bonchev–Trinajstić information content (AvgIpc) is 2.99. The van der Waals surface area contributed by atoms with Gasteiger partial charge in [-0.25, -0.2) is 9.59 Å². The van der Waals surface area contributed by atoms with Crippen molar-refractivity contribution in [1.82, 2.24) is 4.98 Å². The molecule has 0 saturated heterocycles. The molecule has 0 aliphatic rings. The van der Waals surface area contributed by atoms with Crippen LogP contribution in [0.3, 0.4) is 0 Å².